The topological polar surface area (TPSA) is 70.6 Å². The van der Waals surface area contributed by atoms with Gasteiger partial charge in [-0.2, -0.15) is 0 Å². The lowest BCUT2D eigenvalue weighted by atomic mass is 10.1. The van der Waals surface area contributed by atoms with Gasteiger partial charge in [0.05, 0.1) is 11.4 Å². The Bertz CT molecular complexity index is 898. The minimum atomic E-state index is -3.20. The largest absolute Gasteiger partial charge is 0.357 e. The molecular weight excluding hydrogens is 505 g/mol. The van der Waals surface area contributed by atoms with Crippen LogP contribution in [0.25, 0.3) is 0 Å². The number of nitrogens with one attached hydrogen (secondary N) is 2. The summed E-state index contributed by atoms with van der Waals surface area (Å²) in [5.74, 6) is 0.733. The predicted molar refractivity (Wildman–Crippen MR) is 130 cm³/mol. The molecule has 2 rings (SSSR count). The lowest BCUT2D eigenvalue weighted by molar-refractivity contribution is 0.601. The van der Waals surface area contributed by atoms with Gasteiger partial charge in [-0.3, -0.25) is 0 Å². The summed E-state index contributed by atoms with van der Waals surface area (Å²) in [5, 5.41) is 6.57. The smallest absolute Gasteiger partial charge is 0.191 e. The highest BCUT2D eigenvalue weighted by molar-refractivity contribution is 14.0. The van der Waals surface area contributed by atoms with E-state index in [-0.39, 0.29) is 24.0 Å². The first-order chi connectivity index (χ1) is 12.8. The number of aryl methyl sites for hydroxylation is 1. The van der Waals surface area contributed by atoms with E-state index in [9.17, 15) is 8.42 Å². The molecule has 28 heavy (non-hydrogen) atoms. The fourth-order valence-corrected chi connectivity index (χ4v) is 4.03. The standard InChI is InChI=1S/C20H27N3O2S2.HI/c1-5-21-20(22-13-16-6-9-18(26-3)10-7-16)23-14-17-8-11-19(15(2)12-17)27(4,24)25;/h6-12H,5,13-14H2,1-4H3,(H2,21,22,23);1H. The molecule has 0 fully saturated rings. The monoisotopic (exact) mass is 533 g/mol. The van der Waals surface area contributed by atoms with Crippen molar-refractivity contribution in [1.29, 1.82) is 0 Å². The van der Waals surface area contributed by atoms with Crippen LogP contribution in [-0.4, -0.2) is 33.4 Å². The maximum atomic E-state index is 11.7. The van der Waals surface area contributed by atoms with Gasteiger partial charge in [-0.05, 0) is 55.0 Å². The summed E-state index contributed by atoms with van der Waals surface area (Å²) < 4.78 is 23.5. The molecule has 0 saturated heterocycles. The molecule has 0 aliphatic rings. The zero-order valence-electron chi connectivity index (χ0n) is 16.7. The van der Waals surface area contributed by atoms with Crippen LogP contribution < -0.4 is 10.6 Å². The average Bonchev–Trinajstić information content (AvgIpc) is 2.63. The Balaban J connectivity index is 0.00000392. The number of thioether (sulfide) groups is 1. The SMILES string of the molecule is CCNC(=NCc1ccc(S(C)(=O)=O)c(C)c1)NCc1ccc(SC)cc1.I. The van der Waals surface area contributed by atoms with Crippen LogP contribution in [0.2, 0.25) is 0 Å². The molecule has 0 bridgehead atoms. The Morgan fingerprint density at radius 1 is 1.07 bits per heavy atom. The predicted octanol–water partition coefficient (Wildman–Crippen LogP) is 3.99. The summed E-state index contributed by atoms with van der Waals surface area (Å²) in [5.41, 5.74) is 2.91. The number of sulfone groups is 1. The molecule has 0 atom stereocenters. The molecule has 0 aliphatic heterocycles. The fourth-order valence-electron chi connectivity index (χ4n) is 2.67. The van der Waals surface area contributed by atoms with E-state index < -0.39 is 9.84 Å². The molecule has 2 aromatic rings. The molecule has 0 spiro atoms. The van der Waals surface area contributed by atoms with Gasteiger partial charge in [0.15, 0.2) is 15.8 Å². The number of hydrogen-bond donors (Lipinski definition) is 2. The number of aliphatic imine (C=N–C) groups is 1. The van der Waals surface area contributed by atoms with Crippen LogP contribution in [-0.2, 0) is 22.9 Å². The van der Waals surface area contributed by atoms with E-state index in [2.05, 4.69) is 46.1 Å². The maximum absolute atomic E-state index is 11.7. The lowest BCUT2D eigenvalue weighted by Crippen LogP contribution is -2.36. The average molecular weight is 534 g/mol. The molecule has 2 N–H and O–H groups in total. The zero-order valence-corrected chi connectivity index (χ0v) is 20.6. The first-order valence-electron chi connectivity index (χ1n) is 8.78. The minimum absolute atomic E-state index is 0. The first kappa shape index (κ1) is 24.8. The van der Waals surface area contributed by atoms with Crippen molar-refractivity contribution in [3.05, 3.63) is 59.2 Å². The Morgan fingerprint density at radius 3 is 2.25 bits per heavy atom. The Morgan fingerprint density at radius 2 is 1.71 bits per heavy atom. The molecule has 0 saturated carbocycles. The van der Waals surface area contributed by atoms with Crippen molar-refractivity contribution in [3.8, 4) is 0 Å². The van der Waals surface area contributed by atoms with Crippen LogP contribution in [0.1, 0.15) is 23.6 Å². The van der Waals surface area contributed by atoms with Gasteiger partial charge in [0.2, 0.25) is 0 Å². The van der Waals surface area contributed by atoms with Crippen LogP contribution in [0.4, 0.5) is 0 Å². The second-order valence-corrected chi connectivity index (χ2v) is 9.13. The molecule has 0 heterocycles. The fraction of sp³-hybridized carbons (Fsp3) is 0.350. The maximum Gasteiger partial charge on any atom is 0.191 e. The number of rotatable bonds is 7. The van der Waals surface area contributed by atoms with Crippen LogP contribution in [0, 0.1) is 6.92 Å². The van der Waals surface area contributed by atoms with Gasteiger partial charge in [-0.15, -0.1) is 35.7 Å². The van der Waals surface area contributed by atoms with E-state index in [0.717, 1.165) is 23.6 Å². The van der Waals surface area contributed by atoms with E-state index in [1.54, 1.807) is 17.8 Å². The molecule has 154 valence electrons. The third kappa shape index (κ3) is 7.63. The van der Waals surface area contributed by atoms with Crippen molar-refractivity contribution in [1.82, 2.24) is 10.6 Å². The normalized spacial score (nSPS) is 11.6. The van der Waals surface area contributed by atoms with Crippen LogP contribution in [0.5, 0.6) is 0 Å². The number of nitrogens with zero attached hydrogens (tertiary/aromatic N) is 1. The first-order valence-corrected chi connectivity index (χ1v) is 11.9. The Kier molecular flexibility index (Phi) is 10.3. The Hall–Kier alpha value is -1.26. The van der Waals surface area contributed by atoms with Crippen LogP contribution in [0.15, 0.2) is 57.2 Å². The molecule has 5 nitrogen and oxygen atoms in total. The minimum Gasteiger partial charge on any atom is -0.357 e. The van der Waals surface area contributed by atoms with Crippen molar-refractivity contribution >= 4 is 51.5 Å². The van der Waals surface area contributed by atoms with Crippen molar-refractivity contribution in [2.24, 2.45) is 4.99 Å². The number of hydrogen-bond acceptors (Lipinski definition) is 4. The van der Waals surface area contributed by atoms with Gasteiger partial charge < -0.3 is 10.6 Å². The second-order valence-electron chi connectivity index (χ2n) is 6.27. The third-order valence-electron chi connectivity index (χ3n) is 4.02. The second kappa shape index (κ2) is 11.7. The molecule has 0 aromatic heterocycles. The van der Waals surface area contributed by atoms with Crippen molar-refractivity contribution in [2.75, 3.05) is 19.1 Å². The summed E-state index contributed by atoms with van der Waals surface area (Å²) in [7, 11) is -3.20. The van der Waals surface area contributed by atoms with Gasteiger partial charge in [0.25, 0.3) is 0 Å². The van der Waals surface area contributed by atoms with Gasteiger partial charge in [0, 0.05) is 24.2 Å². The Labute approximate surface area is 189 Å². The lowest BCUT2D eigenvalue weighted by Gasteiger charge is -2.12. The summed E-state index contributed by atoms with van der Waals surface area (Å²) in [6.07, 6.45) is 3.29. The molecule has 8 heteroatoms. The van der Waals surface area contributed by atoms with Gasteiger partial charge in [-0.25, -0.2) is 13.4 Å². The molecule has 2 aromatic carbocycles. The number of halogens is 1. The number of guanidine groups is 1. The van der Waals surface area contributed by atoms with Crippen LogP contribution >= 0.6 is 35.7 Å². The van der Waals surface area contributed by atoms with E-state index in [1.165, 1.54) is 16.7 Å². The van der Waals surface area contributed by atoms with Crippen molar-refractivity contribution in [2.45, 2.75) is 36.7 Å². The van der Waals surface area contributed by atoms with Crippen LogP contribution in [0.3, 0.4) is 0 Å². The third-order valence-corrected chi connectivity index (χ3v) is 6.02. The summed E-state index contributed by atoms with van der Waals surface area (Å²) in [6.45, 7) is 5.77. The summed E-state index contributed by atoms with van der Waals surface area (Å²) >= 11 is 1.73. The highest BCUT2D eigenvalue weighted by atomic mass is 127. The van der Waals surface area contributed by atoms with E-state index >= 15 is 0 Å². The van der Waals surface area contributed by atoms with Gasteiger partial charge >= 0.3 is 0 Å². The molecular formula is C20H28IN3O2S2. The molecule has 0 unspecified atom stereocenters. The highest BCUT2D eigenvalue weighted by Gasteiger charge is 2.10. The molecule has 0 aliphatic carbocycles. The summed E-state index contributed by atoms with van der Waals surface area (Å²) in [4.78, 5) is 6.22. The van der Waals surface area contributed by atoms with Crippen molar-refractivity contribution < 1.29 is 8.42 Å². The number of benzene rings is 2. The zero-order chi connectivity index (χ0) is 19.9. The van der Waals surface area contributed by atoms with E-state index in [0.29, 0.717) is 18.0 Å². The van der Waals surface area contributed by atoms with Gasteiger partial charge in [0.1, 0.15) is 0 Å². The molecule has 0 amide bonds. The van der Waals surface area contributed by atoms with E-state index in [1.807, 2.05) is 26.0 Å². The van der Waals surface area contributed by atoms with E-state index in [4.69, 9.17) is 0 Å². The van der Waals surface area contributed by atoms with Crippen molar-refractivity contribution in [3.63, 3.8) is 0 Å². The van der Waals surface area contributed by atoms with Gasteiger partial charge in [-0.1, -0.05) is 24.3 Å². The molecule has 0 radical (unpaired) electrons. The highest BCUT2D eigenvalue weighted by Crippen LogP contribution is 2.17. The summed E-state index contributed by atoms with van der Waals surface area (Å²) in [6, 6.07) is 13.8. The quantitative estimate of drug-likeness (QED) is 0.244.